The van der Waals surface area contributed by atoms with Crippen LogP contribution in [0.2, 0.25) is 0 Å². The number of rotatable bonds is 6. The van der Waals surface area contributed by atoms with Crippen molar-refractivity contribution in [3.05, 3.63) is 101 Å². The number of ether oxygens (including phenoxy) is 4. The third-order valence-electron chi connectivity index (χ3n) is 7.60. The number of methoxy groups -OCH3 is 1. The summed E-state index contributed by atoms with van der Waals surface area (Å²) in [5.74, 6) is 0.508. The standard InChI is InChI=1S/C33H31NO6/c1-3-39-32(36)29-26-6-4-5-7-27(26)31-28(30(29)35)16-17-33(40-31,23-10-14-25(37-2)15-11-23)22-8-12-24(13-9-22)34-18-20-38-21-19-34/h4-17,35H,3,18-21H2,1-2H3. The molecule has 4 aromatic rings. The van der Waals surface area contributed by atoms with Crippen molar-refractivity contribution in [3.63, 3.8) is 0 Å². The quantitative estimate of drug-likeness (QED) is 0.306. The predicted molar refractivity (Wildman–Crippen MR) is 154 cm³/mol. The second kappa shape index (κ2) is 10.6. The molecule has 1 unspecified atom stereocenters. The van der Waals surface area contributed by atoms with Gasteiger partial charge in [-0.3, -0.25) is 0 Å². The zero-order valence-electron chi connectivity index (χ0n) is 22.6. The molecular formula is C33H31NO6. The van der Waals surface area contributed by atoms with Crippen LogP contribution in [0, 0.1) is 0 Å². The Morgan fingerprint density at radius 3 is 2.25 bits per heavy atom. The Morgan fingerprint density at radius 2 is 1.60 bits per heavy atom. The number of morpholine rings is 1. The van der Waals surface area contributed by atoms with E-state index in [1.54, 1.807) is 20.1 Å². The summed E-state index contributed by atoms with van der Waals surface area (Å²) in [5.41, 5.74) is 2.53. The Balaban J connectivity index is 1.52. The van der Waals surface area contributed by atoms with Gasteiger partial charge < -0.3 is 29.0 Å². The number of hydrogen-bond acceptors (Lipinski definition) is 7. The van der Waals surface area contributed by atoms with Gasteiger partial charge in [-0.1, -0.05) is 48.5 Å². The number of phenolic OH excluding ortho intramolecular Hbond substituents is 1. The Labute approximate surface area is 233 Å². The van der Waals surface area contributed by atoms with Crippen molar-refractivity contribution in [2.45, 2.75) is 12.5 Å². The molecule has 0 bridgehead atoms. The number of carbonyl (C=O) groups is 1. The average molecular weight is 538 g/mol. The molecule has 204 valence electrons. The zero-order chi connectivity index (χ0) is 27.7. The fourth-order valence-corrected chi connectivity index (χ4v) is 5.54. The lowest BCUT2D eigenvalue weighted by molar-refractivity contribution is 0.0525. The predicted octanol–water partition coefficient (Wildman–Crippen LogP) is 5.92. The fourth-order valence-electron chi connectivity index (χ4n) is 5.54. The molecule has 7 nitrogen and oxygen atoms in total. The number of anilines is 1. The van der Waals surface area contributed by atoms with Crippen LogP contribution in [0.3, 0.4) is 0 Å². The maximum absolute atomic E-state index is 12.9. The van der Waals surface area contributed by atoms with Crippen molar-refractivity contribution in [3.8, 4) is 17.2 Å². The molecule has 1 fully saturated rings. The smallest absolute Gasteiger partial charge is 0.342 e. The molecule has 0 amide bonds. The summed E-state index contributed by atoms with van der Waals surface area (Å²) in [6.07, 6.45) is 3.77. The van der Waals surface area contributed by atoms with E-state index in [9.17, 15) is 9.90 Å². The maximum atomic E-state index is 12.9. The van der Waals surface area contributed by atoms with Crippen LogP contribution in [0.1, 0.15) is 34.0 Å². The first-order valence-electron chi connectivity index (χ1n) is 13.5. The van der Waals surface area contributed by atoms with E-state index in [4.69, 9.17) is 18.9 Å². The number of esters is 1. The van der Waals surface area contributed by atoms with Crippen LogP contribution in [0.4, 0.5) is 5.69 Å². The van der Waals surface area contributed by atoms with E-state index in [1.165, 1.54) is 0 Å². The first-order chi connectivity index (χ1) is 19.6. The topological polar surface area (TPSA) is 77.5 Å². The first kappa shape index (κ1) is 25.8. The van der Waals surface area contributed by atoms with E-state index in [-0.39, 0.29) is 17.9 Å². The molecule has 1 atom stereocenters. The summed E-state index contributed by atoms with van der Waals surface area (Å²) in [6, 6.07) is 23.6. The second-order valence-electron chi connectivity index (χ2n) is 9.78. The summed E-state index contributed by atoms with van der Waals surface area (Å²) in [7, 11) is 1.64. The van der Waals surface area contributed by atoms with Gasteiger partial charge in [0.25, 0.3) is 0 Å². The number of nitrogens with zero attached hydrogens (tertiary/aromatic N) is 1. The molecule has 2 heterocycles. The molecule has 1 N–H and O–H groups in total. The molecule has 7 heteroatoms. The number of hydrogen-bond donors (Lipinski definition) is 1. The summed E-state index contributed by atoms with van der Waals surface area (Å²) in [6.45, 7) is 5.07. The Hall–Kier alpha value is -4.49. The lowest BCUT2D eigenvalue weighted by Crippen LogP contribution is -2.36. The van der Waals surface area contributed by atoms with E-state index in [0.29, 0.717) is 35.3 Å². The van der Waals surface area contributed by atoms with Crippen molar-refractivity contribution in [2.24, 2.45) is 0 Å². The van der Waals surface area contributed by atoms with Crippen molar-refractivity contribution in [1.29, 1.82) is 0 Å². The molecule has 0 spiro atoms. The molecular weight excluding hydrogens is 506 g/mol. The molecule has 0 saturated carbocycles. The Morgan fingerprint density at radius 1 is 0.950 bits per heavy atom. The van der Waals surface area contributed by atoms with E-state index in [2.05, 4.69) is 29.2 Å². The van der Waals surface area contributed by atoms with Crippen molar-refractivity contribution in [2.75, 3.05) is 44.9 Å². The Kier molecular flexibility index (Phi) is 6.82. The molecule has 4 aromatic carbocycles. The maximum Gasteiger partial charge on any atom is 0.342 e. The molecule has 6 rings (SSSR count). The summed E-state index contributed by atoms with van der Waals surface area (Å²) in [4.78, 5) is 15.2. The minimum atomic E-state index is -0.997. The van der Waals surface area contributed by atoms with Gasteiger partial charge in [-0.05, 0) is 43.3 Å². The van der Waals surface area contributed by atoms with Gasteiger partial charge >= 0.3 is 5.97 Å². The summed E-state index contributed by atoms with van der Waals surface area (Å²) < 4.78 is 23.2. The van der Waals surface area contributed by atoms with Gasteiger partial charge in [0.15, 0.2) is 5.60 Å². The fraction of sp³-hybridized carbons (Fsp3) is 0.242. The van der Waals surface area contributed by atoms with Crippen LogP contribution >= 0.6 is 0 Å². The van der Waals surface area contributed by atoms with Crippen LogP contribution in [-0.2, 0) is 15.1 Å². The lowest BCUT2D eigenvalue weighted by Gasteiger charge is -2.37. The number of carbonyl (C=O) groups excluding carboxylic acids is 1. The van der Waals surface area contributed by atoms with Crippen LogP contribution in [0.25, 0.3) is 16.8 Å². The van der Waals surface area contributed by atoms with Crippen LogP contribution in [-0.4, -0.2) is 51.1 Å². The molecule has 0 radical (unpaired) electrons. The van der Waals surface area contributed by atoms with Gasteiger partial charge in [0, 0.05) is 40.7 Å². The largest absolute Gasteiger partial charge is 0.506 e. The van der Waals surface area contributed by atoms with E-state index in [1.807, 2.05) is 54.6 Å². The molecule has 2 aliphatic heterocycles. The van der Waals surface area contributed by atoms with Gasteiger partial charge in [-0.25, -0.2) is 4.79 Å². The minimum Gasteiger partial charge on any atom is -0.506 e. The van der Waals surface area contributed by atoms with Crippen LogP contribution in [0.15, 0.2) is 78.9 Å². The van der Waals surface area contributed by atoms with Gasteiger partial charge in [0.1, 0.15) is 22.8 Å². The highest BCUT2D eigenvalue weighted by atomic mass is 16.5. The monoisotopic (exact) mass is 537 g/mol. The van der Waals surface area contributed by atoms with Crippen molar-refractivity contribution >= 4 is 28.5 Å². The van der Waals surface area contributed by atoms with E-state index < -0.39 is 11.6 Å². The SMILES string of the molecule is CCOC(=O)c1c(O)c2c(c3ccccc13)OC(c1ccc(OC)cc1)(c1ccc(N3CCOCC3)cc1)C=C2. The third kappa shape index (κ3) is 4.32. The average Bonchev–Trinajstić information content (AvgIpc) is 3.01. The highest BCUT2D eigenvalue weighted by Gasteiger charge is 2.39. The normalized spacial score (nSPS) is 18.2. The van der Waals surface area contributed by atoms with Gasteiger partial charge in [0.05, 0.1) is 32.5 Å². The van der Waals surface area contributed by atoms with Gasteiger partial charge in [0.2, 0.25) is 0 Å². The van der Waals surface area contributed by atoms with Gasteiger partial charge in [-0.15, -0.1) is 0 Å². The molecule has 1 saturated heterocycles. The highest BCUT2D eigenvalue weighted by molar-refractivity contribution is 6.11. The summed E-state index contributed by atoms with van der Waals surface area (Å²) in [5, 5.41) is 12.6. The number of aromatic hydroxyl groups is 1. The van der Waals surface area contributed by atoms with E-state index in [0.717, 1.165) is 35.7 Å². The molecule has 2 aliphatic rings. The van der Waals surface area contributed by atoms with Crippen molar-refractivity contribution in [1.82, 2.24) is 0 Å². The van der Waals surface area contributed by atoms with E-state index >= 15 is 0 Å². The Bertz CT molecular complexity index is 1570. The highest BCUT2D eigenvalue weighted by Crippen LogP contribution is 2.49. The lowest BCUT2D eigenvalue weighted by atomic mass is 9.82. The second-order valence-corrected chi connectivity index (χ2v) is 9.78. The van der Waals surface area contributed by atoms with Crippen LogP contribution in [0.5, 0.6) is 17.2 Å². The molecule has 40 heavy (non-hydrogen) atoms. The number of benzene rings is 4. The summed E-state index contributed by atoms with van der Waals surface area (Å²) >= 11 is 0. The van der Waals surface area contributed by atoms with Crippen molar-refractivity contribution < 1.29 is 28.8 Å². The number of fused-ring (bicyclic) bond motifs is 3. The molecule has 0 aliphatic carbocycles. The zero-order valence-corrected chi connectivity index (χ0v) is 22.6. The van der Waals surface area contributed by atoms with Gasteiger partial charge in [-0.2, -0.15) is 0 Å². The van der Waals surface area contributed by atoms with Crippen LogP contribution < -0.4 is 14.4 Å². The first-order valence-corrected chi connectivity index (χ1v) is 13.5. The molecule has 0 aromatic heterocycles. The third-order valence-corrected chi connectivity index (χ3v) is 7.60. The minimum absolute atomic E-state index is 0.135. The number of phenols is 1.